The predicted molar refractivity (Wildman–Crippen MR) is 74.9 cm³/mol. The highest BCUT2D eigenvalue weighted by Crippen LogP contribution is 2.29. The van der Waals surface area contributed by atoms with Gasteiger partial charge < -0.3 is 20.1 Å². The lowest BCUT2D eigenvalue weighted by atomic mass is 10.2. The van der Waals surface area contributed by atoms with Gasteiger partial charge in [-0.25, -0.2) is 0 Å². The fourth-order valence-corrected chi connectivity index (χ4v) is 1.88. The summed E-state index contributed by atoms with van der Waals surface area (Å²) in [6.07, 6.45) is 0.965. The minimum Gasteiger partial charge on any atom is -0.494 e. The Labute approximate surface area is 117 Å². The Morgan fingerprint density at radius 2 is 2.20 bits per heavy atom. The van der Waals surface area contributed by atoms with E-state index in [1.807, 2.05) is 6.07 Å². The standard InChI is InChI=1S/C14H18N2O4/c1-2-19-14(18)4-3-7-20-10-5-6-11-12(8-10)15-9-13(17)16-11/h5-6,8,15H,2-4,7,9H2,1H3,(H,16,17). The zero-order valence-corrected chi connectivity index (χ0v) is 11.4. The van der Waals surface area contributed by atoms with Crippen LogP contribution in [0.1, 0.15) is 19.8 Å². The molecule has 108 valence electrons. The molecule has 1 heterocycles. The molecule has 2 rings (SSSR count). The van der Waals surface area contributed by atoms with E-state index < -0.39 is 0 Å². The average molecular weight is 278 g/mol. The summed E-state index contributed by atoms with van der Waals surface area (Å²) in [4.78, 5) is 22.3. The van der Waals surface area contributed by atoms with Crippen molar-refractivity contribution >= 4 is 23.3 Å². The Morgan fingerprint density at radius 3 is 3.00 bits per heavy atom. The van der Waals surface area contributed by atoms with Crippen LogP contribution in [0.4, 0.5) is 11.4 Å². The Morgan fingerprint density at radius 1 is 1.35 bits per heavy atom. The van der Waals surface area contributed by atoms with Gasteiger partial charge in [0.2, 0.25) is 5.91 Å². The number of benzene rings is 1. The van der Waals surface area contributed by atoms with Crippen molar-refractivity contribution < 1.29 is 19.1 Å². The number of hydrogen-bond acceptors (Lipinski definition) is 5. The van der Waals surface area contributed by atoms with Gasteiger partial charge in [-0.3, -0.25) is 9.59 Å². The third-order valence-corrected chi connectivity index (χ3v) is 2.80. The monoisotopic (exact) mass is 278 g/mol. The predicted octanol–water partition coefficient (Wildman–Crippen LogP) is 1.77. The van der Waals surface area contributed by atoms with Gasteiger partial charge in [-0.05, 0) is 25.5 Å². The van der Waals surface area contributed by atoms with E-state index in [0.29, 0.717) is 31.8 Å². The first-order chi connectivity index (χ1) is 9.69. The van der Waals surface area contributed by atoms with Crippen LogP contribution in [-0.4, -0.2) is 31.6 Å². The SMILES string of the molecule is CCOC(=O)CCCOc1ccc2c(c1)NCC(=O)N2. The van der Waals surface area contributed by atoms with Gasteiger partial charge in [0.05, 0.1) is 31.1 Å². The second-order valence-corrected chi connectivity index (χ2v) is 4.37. The van der Waals surface area contributed by atoms with E-state index in [-0.39, 0.29) is 18.4 Å². The van der Waals surface area contributed by atoms with Gasteiger partial charge >= 0.3 is 5.97 Å². The van der Waals surface area contributed by atoms with Crippen molar-refractivity contribution in [3.05, 3.63) is 18.2 Å². The third kappa shape index (κ3) is 3.88. The van der Waals surface area contributed by atoms with Crippen LogP contribution >= 0.6 is 0 Å². The number of ether oxygens (including phenoxy) is 2. The minimum absolute atomic E-state index is 0.0550. The number of nitrogens with one attached hydrogen (secondary N) is 2. The number of carbonyl (C=O) groups is 2. The van der Waals surface area contributed by atoms with Gasteiger partial charge in [-0.15, -0.1) is 0 Å². The van der Waals surface area contributed by atoms with Crippen LogP contribution in [0.5, 0.6) is 5.75 Å². The number of carbonyl (C=O) groups excluding carboxylic acids is 2. The van der Waals surface area contributed by atoms with Crippen LogP contribution in [0.3, 0.4) is 0 Å². The first kappa shape index (κ1) is 14.2. The zero-order valence-electron chi connectivity index (χ0n) is 11.4. The maximum atomic E-state index is 11.2. The van der Waals surface area contributed by atoms with Crippen LogP contribution < -0.4 is 15.4 Å². The normalized spacial score (nSPS) is 12.9. The minimum atomic E-state index is -0.203. The molecule has 2 N–H and O–H groups in total. The number of anilines is 2. The molecule has 0 aromatic heterocycles. The summed E-state index contributed by atoms with van der Waals surface area (Å²) in [5.74, 6) is 0.447. The van der Waals surface area contributed by atoms with Crippen LogP contribution in [0.2, 0.25) is 0 Å². The van der Waals surface area contributed by atoms with Gasteiger partial charge in [0.1, 0.15) is 5.75 Å². The zero-order chi connectivity index (χ0) is 14.4. The number of fused-ring (bicyclic) bond motifs is 1. The van der Waals surface area contributed by atoms with E-state index >= 15 is 0 Å². The van der Waals surface area contributed by atoms with Crippen molar-refractivity contribution in [2.24, 2.45) is 0 Å². The van der Waals surface area contributed by atoms with Gasteiger partial charge in [-0.2, -0.15) is 0 Å². The Hall–Kier alpha value is -2.24. The van der Waals surface area contributed by atoms with E-state index in [9.17, 15) is 9.59 Å². The van der Waals surface area contributed by atoms with Crippen LogP contribution in [0, 0.1) is 0 Å². The average Bonchev–Trinajstić information content (AvgIpc) is 2.44. The molecule has 0 atom stereocenters. The fourth-order valence-electron chi connectivity index (χ4n) is 1.88. The molecule has 1 amide bonds. The molecule has 6 nitrogen and oxygen atoms in total. The van der Waals surface area contributed by atoms with Crippen LogP contribution in [0.25, 0.3) is 0 Å². The van der Waals surface area contributed by atoms with Crippen molar-refractivity contribution in [3.63, 3.8) is 0 Å². The van der Waals surface area contributed by atoms with E-state index in [2.05, 4.69) is 10.6 Å². The molecule has 0 unspecified atom stereocenters. The molecule has 0 radical (unpaired) electrons. The quantitative estimate of drug-likeness (QED) is 0.612. The summed E-state index contributed by atoms with van der Waals surface area (Å²) in [5.41, 5.74) is 1.59. The second-order valence-electron chi connectivity index (χ2n) is 4.37. The van der Waals surface area contributed by atoms with E-state index in [0.717, 1.165) is 11.4 Å². The summed E-state index contributed by atoms with van der Waals surface area (Å²) in [6.45, 7) is 2.90. The summed E-state index contributed by atoms with van der Waals surface area (Å²) in [5, 5.41) is 5.78. The maximum Gasteiger partial charge on any atom is 0.305 e. The van der Waals surface area contributed by atoms with Crippen molar-refractivity contribution in [1.82, 2.24) is 0 Å². The molecule has 1 aliphatic rings. The molecule has 0 saturated carbocycles. The third-order valence-electron chi connectivity index (χ3n) is 2.80. The Kier molecular flexibility index (Phi) is 4.81. The molecule has 20 heavy (non-hydrogen) atoms. The van der Waals surface area contributed by atoms with Crippen LogP contribution in [-0.2, 0) is 14.3 Å². The highest BCUT2D eigenvalue weighted by Gasteiger charge is 2.14. The lowest BCUT2D eigenvalue weighted by Crippen LogP contribution is -2.27. The summed E-state index contributed by atoms with van der Waals surface area (Å²) >= 11 is 0. The van der Waals surface area contributed by atoms with Gasteiger partial charge in [0, 0.05) is 12.5 Å². The maximum absolute atomic E-state index is 11.2. The summed E-state index contributed by atoms with van der Waals surface area (Å²) < 4.78 is 10.4. The van der Waals surface area contributed by atoms with E-state index in [4.69, 9.17) is 9.47 Å². The molecule has 1 aliphatic heterocycles. The molecule has 1 aromatic carbocycles. The first-order valence-corrected chi connectivity index (χ1v) is 6.65. The number of esters is 1. The van der Waals surface area contributed by atoms with Gasteiger partial charge in [-0.1, -0.05) is 0 Å². The Balaban J connectivity index is 1.79. The van der Waals surface area contributed by atoms with Crippen molar-refractivity contribution in [3.8, 4) is 5.75 Å². The summed E-state index contributed by atoms with van der Waals surface area (Å²) in [7, 11) is 0. The van der Waals surface area contributed by atoms with Crippen molar-refractivity contribution in [2.45, 2.75) is 19.8 Å². The highest BCUT2D eigenvalue weighted by atomic mass is 16.5. The first-order valence-electron chi connectivity index (χ1n) is 6.65. The number of amides is 1. The molecule has 0 bridgehead atoms. The molecule has 1 aromatic rings. The molecule has 0 aliphatic carbocycles. The van der Waals surface area contributed by atoms with Crippen molar-refractivity contribution in [1.29, 1.82) is 0 Å². The molecule has 6 heteroatoms. The van der Waals surface area contributed by atoms with Crippen LogP contribution in [0.15, 0.2) is 18.2 Å². The fraction of sp³-hybridized carbons (Fsp3) is 0.429. The van der Waals surface area contributed by atoms with E-state index in [1.165, 1.54) is 0 Å². The van der Waals surface area contributed by atoms with Gasteiger partial charge in [0.25, 0.3) is 0 Å². The Bertz CT molecular complexity index is 502. The lowest BCUT2D eigenvalue weighted by Gasteiger charge is -2.19. The van der Waals surface area contributed by atoms with Crippen molar-refractivity contribution in [2.75, 3.05) is 30.4 Å². The molecule has 0 fully saturated rings. The lowest BCUT2D eigenvalue weighted by molar-refractivity contribution is -0.143. The molecule has 0 saturated heterocycles. The molecular weight excluding hydrogens is 260 g/mol. The number of hydrogen-bond donors (Lipinski definition) is 2. The molecule has 0 spiro atoms. The second kappa shape index (κ2) is 6.79. The molecular formula is C14H18N2O4. The smallest absolute Gasteiger partial charge is 0.305 e. The topological polar surface area (TPSA) is 76.7 Å². The van der Waals surface area contributed by atoms with Gasteiger partial charge in [0.15, 0.2) is 0 Å². The largest absolute Gasteiger partial charge is 0.494 e. The highest BCUT2D eigenvalue weighted by molar-refractivity contribution is 6.00. The van der Waals surface area contributed by atoms with E-state index in [1.54, 1.807) is 19.1 Å². The number of rotatable bonds is 6. The summed E-state index contributed by atoms with van der Waals surface area (Å²) in [6, 6.07) is 5.41.